The number of piperidine rings is 1. The minimum atomic E-state index is 0. The Labute approximate surface area is 158 Å². The number of rotatable bonds is 8. The average Bonchev–Trinajstić information content (AvgIpc) is 2.60. The fourth-order valence-corrected chi connectivity index (χ4v) is 3.48. The van der Waals surface area contributed by atoms with Crippen molar-refractivity contribution in [1.82, 2.24) is 10.2 Å². The molecule has 1 aliphatic heterocycles. The molecule has 2 rings (SSSR count). The summed E-state index contributed by atoms with van der Waals surface area (Å²) in [6.45, 7) is 8.24. The monoisotopic (exact) mass is 368 g/mol. The van der Waals surface area contributed by atoms with Gasteiger partial charge in [0, 0.05) is 19.5 Å². The maximum absolute atomic E-state index is 12.6. The second-order valence-electron chi connectivity index (χ2n) is 6.96. The van der Waals surface area contributed by atoms with Gasteiger partial charge in [0.25, 0.3) is 0 Å². The number of halogens is 1. The highest BCUT2D eigenvalue weighted by Gasteiger charge is 2.23. The molecule has 0 aromatic heterocycles. The second kappa shape index (κ2) is 11.4. The van der Waals surface area contributed by atoms with Crippen molar-refractivity contribution in [2.75, 3.05) is 33.3 Å². The molecule has 1 aliphatic rings. The predicted octanol–water partition coefficient (Wildman–Crippen LogP) is 3.53. The molecule has 1 heterocycles. The number of hydrogen-bond acceptors (Lipinski definition) is 3. The van der Waals surface area contributed by atoms with Gasteiger partial charge >= 0.3 is 0 Å². The zero-order chi connectivity index (χ0) is 17.4. The molecule has 1 saturated heterocycles. The van der Waals surface area contributed by atoms with Crippen LogP contribution in [0.25, 0.3) is 0 Å². The second-order valence-corrected chi connectivity index (χ2v) is 6.96. The van der Waals surface area contributed by atoms with Crippen LogP contribution in [0, 0.1) is 11.8 Å². The minimum Gasteiger partial charge on any atom is -0.496 e. The maximum Gasteiger partial charge on any atom is 0.222 e. The number of carbonyl (C=O) groups is 1. The van der Waals surface area contributed by atoms with E-state index in [9.17, 15) is 4.79 Å². The number of amides is 1. The van der Waals surface area contributed by atoms with Crippen molar-refractivity contribution in [2.24, 2.45) is 11.8 Å². The quantitative estimate of drug-likeness (QED) is 0.763. The summed E-state index contributed by atoms with van der Waals surface area (Å²) in [5, 5.41) is 3.42. The number of nitrogens with one attached hydrogen (secondary N) is 1. The summed E-state index contributed by atoms with van der Waals surface area (Å²) in [5.41, 5.74) is 1.18. The lowest BCUT2D eigenvalue weighted by Crippen LogP contribution is -2.41. The lowest BCUT2D eigenvalue weighted by atomic mass is 9.94. The molecule has 0 spiro atoms. The van der Waals surface area contributed by atoms with Gasteiger partial charge in [-0.15, -0.1) is 12.4 Å². The van der Waals surface area contributed by atoms with Gasteiger partial charge < -0.3 is 15.0 Å². The van der Waals surface area contributed by atoms with Gasteiger partial charge in [0.2, 0.25) is 5.91 Å². The average molecular weight is 369 g/mol. The molecular formula is C20H33ClN2O2. The van der Waals surface area contributed by atoms with E-state index >= 15 is 0 Å². The SMILES string of the molecule is CCNCC1CCN(C(=O)CC(C)Cc2ccccc2OC)CC1.Cl. The van der Waals surface area contributed by atoms with Crippen molar-refractivity contribution < 1.29 is 9.53 Å². The molecule has 1 fully saturated rings. The maximum atomic E-state index is 12.6. The summed E-state index contributed by atoms with van der Waals surface area (Å²) in [6, 6.07) is 8.09. The number of para-hydroxylation sites is 1. The van der Waals surface area contributed by atoms with Crippen molar-refractivity contribution in [2.45, 2.75) is 39.5 Å². The number of carbonyl (C=O) groups excluding carboxylic acids is 1. The van der Waals surface area contributed by atoms with Gasteiger partial charge in [0.05, 0.1) is 7.11 Å². The van der Waals surface area contributed by atoms with Gasteiger partial charge in [-0.2, -0.15) is 0 Å². The number of likely N-dealkylation sites (tertiary alicyclic amines) is 1. The van der Waals surface area contributed by atoms with E-state index in [1.165, 1.54) is 5.56 Å². The minimum absolute atomic E-state index is 0. The van der Waals surface area contributed by atoms with Crippen LogP contribution in [-0.4, -0.2) is 44.1 Å². The fourth-order valence-electron chi connectivity index (χ4n) is 3.48. The van der Waals surface area contributed by atoms with Crippen LogP contribution in [0.3, 0.4) is 0 Å². The summed E-state index contributed by atoms with van der Waals surface area (Å²) in [4.78, 5) is 14.6. The molecule has 0 bridgehead atoms. The number of hydrogen-bond donors (Lipinski definition) is 1. The number of ether oxygens (including phenoxy) is 1. The fraction of sp³-hybridized carbons (Fsp3) is 0.650. The third-order valence-electron chi connectivity index (χ3n) is 4.93. The number of methoxy groups -OCH3 is 1. The van der Waals surface area contributed by atoms with Crippen LogP contribution in [0.15, 0.2) is 24.3 Å². The van der Waals surface area contributed by atoms with Crippen LogP contribution in [0.2, 0.25) is 0 Å². The number of nitrogens with zero attached hydrogens (tertiary/aromatic N) is 1. The lowest BCUT2D eigenvalue weighted by molar-refractivity contribution is -0.133. The van der Waals surface area contributed by atoms with Gasteiger partial charge in [-0.1, -0.05) is 32.0 Å². The molecule has 1 unspecified atom stereocenters. The first kappa shape index (κ1) is 21.8. The molecular weight excluding hydrogens is 336 g/mol. The smallest absolute Gasteiger partial charge is 0.222 e. The van der Waals surface area contributed by atoms with Gasteiger partial charge in [-0.05, 0) is 55.8 Å². The largest absolute Gasteiger partial charge is 0.496 e. The molecule has 5 heteroatoms. The zero-order valence-electron chi connectivity index (χ0n) is 15.8. The molecule has 1 N–H and O–H groups in total. The molecule has 0 aliphatic carbocycles. The summed E-state index contributed by atoms with van der Waals surface area (Å²) in [7, 11) is 1.70. The van der Waals surface area contributed by atoms with E-state index in [4.69, 9.17) is 4.74 Å². The first-order chi connectivity index (χ1) is 11.6. The van der Waals surface area contributed by atoms with Crippen LogP contribution in [0.5, 0.6) is 5.75 Å². The van der Waals surface area contributed by atoms with Crippen molar-refractivity contribution in [1.29, 1.82) is 0 Å². The summed E-state index contributed by atoms with van der Waals surface area (Å²) in [5.74, 6) is 2.27. The van der Waals surface area contributed by atoms with E-state index in [0.29, 0.717) is 18.2 Å². The van der Waals surface area contributed by atoms with Gasteiger partial charge in [0.1, 0.15) is 5.75 Å². The van der Waals surface area contributed by atoms with Crippen LogP contribution in [0.1, 0.15) is 38.7 Å². The normalized spacial score (nSPS) is 16.2. The lowest BCUT2D eigenvalue weighted by Gasteiger charge is -2.32. The highest BCUT2D eigenvalue weighted by atomic mass is 35.5. The molecule has 1 aromatic carbocycles. The molecule has 1 atom stereocenters. The molecule has 1 amide bonds. The first-order valence-electron chi connectivity index (χ1n) is 9.24. The third-order valence-corrected chi connectivity index (χ3v) is 4.93. The molecule has 1 aromatic rings. The Morgan fingerprint density at radius 1 is 1.32 bits per heavy atom. The Kier molecular flexibility index (Phi) is 9.91. The van der Waals surface area contributed by atoms with Gasteiger partial charge in [-0.3, -0.25) is 4.79 Å². The molecule has 25 heavy (non-hydrogen) atoms. The molecule has 0 saturated carbocycles. The van der Waals surface area contributed by atoms with Crippen LogP contribution >= 0.6 is 12.4 Å². The van der Waals surface area contributed by atoms with Crippen molar-refractivity contribution in [3.63, 3.8) is 0 Å². The highest BCUT2D eigenvalue weighted by molar-refractivity contribution is 5.85. The van der Waals surface area contributed by atoms with Crippen molar-refractivity contribution >= 4 is 18.3 Å². The predicted molar refractivity (Wildman–Crippen MR) is 106 cm³/mol. The Morgan fingerprint density at radius 3 is 2.64 bits per heavy atom. The third kappa shape index (κ3) is 6.87. The number of benzene rings is 1. The standard InChI is InChI=1S/C20H32N2O2.ClH/c1-4-21-15-17-9-11-22(12-10-17)20(23)14-16(2)13-18-7-5-6-8-19(18)24-3;/h5-8,16-17,21H,4,9-15H2,1-3H3;1H. The van der Waals surface area contributed by atoms with Gasteiger partial charge in [0.15, 0.2) is 0 Å². The Hall–Kier alpha value is -1.26. The van der Waals surface area contributed by atoms with Crippen LogP contribution < -0.4 is 10.1 Å². The zero-order valence-corrected chi connectivity index (χ0v) is 16.6. The van der Waals surface area contributed by atoms with E-state index in [1.54, 1.807) is 7.11 Å². The van der Waals surface area contributed by atoms with E-state index in [-0.39, 0.29) is 12.4 Å². The van der Waals surface area contributed by atoms with Crippen LogP contribution in [-0.2, 0) is 11.2 Å². The topological polar surface area (TPSA) is 41.6 Å². The van der Waals surface area contributed by atoms with Crippen molar-refractivity contribution in [3.05, 3.63) is 29.8 Å². The summed E-state index contributed by atoms with van der Waals surface area (Å²) >= 11 is 0. The Bertz CT molecular complexity index is 516. The molecule has 142 valence electrons. The molecule has 0 radical (unpaired) electrons. The van der Waals surface area contributed by atoms with E-state index < -0.39 is 0 Å². The van der Waals surface area contributed by atoms with E-state index in [0.717, 1.165) is 57.1 Å². The Balaban J connectivity index is 0.00000312. The van der Waals surface area contributed by atoms with E-state index in [1.807, 2.05) is 18.2 Å². The first-order valence-corrected chi connectivity index (χ1v) is 9.24. The highest BCUT2D eigenvalue weighted by Crippen LogP contribution is 2.23. The molecule has 4 nitrogen and oxygen atoms in total. The Morgan fingerprint density at radius 2 is 2.00 bits per heavy atom. The summed E-state index contributed by atoms with van der Waals surface area (Å²) < 4.78 is 5.41. The van der Waals surface area contributed by atoms with Crippen molar-refractivity contribution in [3.8, 4) is 5.75 Å². The van der Waals surface area contributed by atoms with E-state index in [2.05, 4.69) is 30.1 Å². The summed E-state index contributed by atoms with van der Waals surface area (Å²) in [6.07, 6.45) is 3.75. The van der Waals surface area contributed by atoms with Gasteiger partial charge in [-0.25, -0.2) is 0 Å². The van der Waals surface area contributed by atoms with Crippen LogP contribution in [0.4, 0.5) is 0 Å².